The fourth-order valence-electron chi connectivity index (χ4n) is 3.23. The van der Waals surface area contributed by atoms with Crippen LogP contribution in [0.2, 0.25) is 5.15 Å². The van der Waals surface area contributed by atoms with Crippen molar-refractivity contribution in [2.24, 2.45) is 5.92 Å². The van der Waals surface area contributed by atoms with Crippen molar-refractivity contribution in [3.8, 4) is 0 Å². The molecular weight excluding hydrogens is 330 g/mol. The molecule has 1 saturated heterocycles. The molecule has 3 heterocycles. The third-order valence-electron chi connectivity index (χ3n) is 4.85. The molecule has 1 aromatic rings. The van der Waals surface area contributed by atoms with Crippen LogP contribution in [0.15, 0.2) is 0 Å². The van der Waals surface area contributed by atoms with E-state index >= 15 is 0 Å². The molecular formula is C16H22ClN5O2. The van der Waals surface area contributed by atoms with Gasteiger partial charge < -0.3 is 15.4 Å². The van der Waals surface area contributed by atoms with Crippen LogP contribution in [0.1, 0.15) is 37.3 Å². The molecule has 130 valence electrons. The molecule has 2 aliphatic heterocycles. The highest BCUT2D eigenvalue weighted by Gasteiger charge is 2.33. The van der Waals surface area contributed by atoms with Gasteiger partial charge in [-0.05, 0) is 32.1 Å². The van der Waals surface area contributed by atoms with E-state index < -0.39 is 0 Å². The summed E-state index contributed by atoms with van der Waals surface area (Å²) < 4.78 is 5.81. The molecule has 2 N–H and O–H groups in total. The minimum absolute atomic E-state index is 0.0999. The van der Waals surface area contributed by atoms with E-state index in [9.17, 15) is 4.79 Å². The van der Waals surface area contributed by atoms with Gasteiger partial charge in [0.2, 0.25) is 0 Å². The van der Waals surface area contributed by atoms with Crippen LogP contribution in [0.3, 0.4) is 0 Å². The topological polar surface area (TPSA) is 79.4 Å². The van der Waals surface area contributed by atoms with Crippen LogP contribution in [0.4, 0.5) is 10.6 Å². The lowest BCUT2D eigenvalue weighted by Crippen LogP contribution is -2.42. The average molecular weight is 352 g/mol. The van der Waals surface area contributed by atoms with Crippen LogP contribution in [-0.4, -0.2) is 48.3 Å². The molecule has 2 unspecified atom stereocenters. The number of aromatic nitrogens is 2. The van der Waals surface area contributed by atoms with E-state index in [1.54, 1.807) is 4.90 Å². The van der Waals surface area contributed by atoms with Crippen molar-refractivity contribution in [3.63, 3.8) is 0 Å². The number of anilines is 1. The van der Waals surface area contributed by atoms with Gasteiger partial charge in [0.1, 0.15) is 17.1 Å². The van der Waals surface area contributed by atoms with E-state index in [4.69, 9.17) is 16.3 Å². The molecule has 24 heavy (non-hydrogen) atoms. The van der Waals surface area contributed by atoms with Gasteiger partial charge in [-0.15, -0.1) is 0 Å². The first kappa shape index (κ1) is 16.1. The Balaban J connectivity index is 1.57. The lowest BCUT2D eigenvalue weighted by atomic mass is 10.1. The summed E-state index contributed by atoms with van der Waals surface area (Å²) >= 11 is 6.36. The van der Waals surface area contributed by atoms with Crippen LogP contribution >= 0.6 is 11.6 Å². The summed E-state index contributed by atoms with van der Waals surface area (Å²) in [5, 5.41) is 6.77. The summed E-state index contributed by atoms with van der Waals surface area (Å²) in [4.78, 5) is 23.2. The molecule has 0 bridgehead atoms. The summed E-state index contributed by atoms with van der Waals surface area (Å²) in [5.41, 5.74) is 0.846. The molecule has 7 nitrogen and oxygen atoms in total. The Morgan fingerprint density at radius 1 is 1.46 bits per heavy atom. The smallest absolute Gasteiger partial charge is 0.323 e. The number of morpholine rings is 1. The molecule has 2 fully saturated rings. The van der Waals surface area contributed by atoms with Crippen molar-refractivity contribution in [2.45, 2.75) is 38.3 Å². The van der Waals surface area contributed by atoms with Gasteiger partial charge in [-0.1, -0.05) is 11.6 Å². The van der Waals surface area contributed by atoms with Crippen LogP contribution in [0, 0.1) is 5.92 Å². The minimum Gasteiger partial charge on any atom is -0.367 e. The first-order chi connectivity index (χ1) is 11.6. The number of carbonyl (C=O) groups excluding carboxylic acids is 1. The number of halogens is 1. The largest absolute Gasteiger partial charge is 0.367 e. The number of hydrogen-bond donors (Lipinski definition) is 2. The highest BCUT2D eigenvalue weighted by Crippen LogP contribution is 2.34. The molecule has 0 radical (unpaired) electrons. The number of nitrogens with zero attached hydrogens (tertiary/aromatic N) is 3. The Morgan fingerprint density at radius 3 is 3.04 bits per heavy atom. The van der Waals surface area contributed by atoms with Gasteiger partial charge in [0.05, 0.1) is 6.61 Å². The highest BCUT2D eigenvalue weighted by atomic mass is 35.5. The molecule has 2 atom stereocenters. The lowest BCUT2D eigenvalue weighted by Gasteiger charge is -2.29. The first-order valence-electron chi connectivity index (χ1n) is 8.60. The second-order valence-electron chi connectivity index (χ2n) is 6.74. The molecule has 1 aromatic heterocycles. The predicted molar refractivity (Wildman–Crippen MR) is 90.4 cm³/mol. The highest BCUT2D eigenvalue weighted by molar-refractivity contribution is 6.30. The molecule has 4 rings (SSSR count). The van der Waals surface area contributed by atoms with Gasteiger partial charge >= 0.3 is 6.03 Å². The normalized spacial score (nSPS) is 26.3. The molecule has 0 spiro atoms. The molecule has 3 aliphatic rings. The number of ether oxygens (including phenoxy) is 1. The lowest BCUT2D eigenvalue weighted by molar-refractivity contribution is -0.00554. The van der Waals surface area contributed by atoms with E-state index in [0.29, 0.717) is 42.3 Å². The number of urea groups is 1. The maximum Gasteiger partial charge on any atom is 0.323 e. The molecule has 1 aliphatic carbocycles. The van der Waals surface area contributed by atoms with Crippen LogP contribution in [-0.2, 0) is 11.2 Å². The number of amides is 2. The number of hydrogen-bond acceptors (Lipinski definition) is 5. The third-order valence-corrected chi connectivity index (χ3v) is 5.16. The zero-order valence-electron chi connectivity index (χ0n) is 13.7. The molecule has 1 saturated carbocycles. The maximum atomic E-state index is 12.5. The van der Waals surface area contributed by atoms with Crippen molar-refractivity contribution in [3.05, 3.63) is 16.5 Å². The van der Waals surface area contributed by atoms with E-state index in [-0.39, 0.29) is 18.2 Å². The van der Waals surface area contributed by atoms with E-state index in [1.807, 2.05) is 6.92 Å². The summed E-state index contributed by atoms with van der Waals surface area (Å²) in [6.07, 6.45) is 2.85. The van der Waals surface area contributed by atoms with E-state index in [0.717, 1.165) is 18.7 Å². The second kappa shape index (κ2) is 6.46. The summed E-state index contributed by atoms with van der Waals surface area (Å²) in [6.45, 7) is 4.78. The molecule has 0 aromatic carbocycles. The number of nitrogens with one attached hydrogen (secondary N) is 2. The fourth-order valence-corrected chi connectivity index (χ4v) is 3.49. The van der Waals surface area contributed by atoms with Gasteiger partial charge in [-0.3, -0.25) is 4.90 Å². The Kier molecular flexibility index (Phi) is 4.32. The van der Waals surface area contributed by atoms with E-state index in [1.165, 1.54) is 12.8 Å². The maximum absolute atomic E-state index is 12.5. The zero-order valence-corrected chi connectivity index (χ0v) is 14.5. The van der Waals surface area contributed by atoms with Gasteiger partial charge in [0.25, 0.3) is 0 Å². The monoisotopic (exact) mass is 351 g/mol. The van der Waals surface area contributed by atoms with Gasteiger partial charge in [-0.2, -0.15) is 0 Å². The van der Waals surface area contributed by atoms with Crippen molar-refractivity contribution in [2.75, 3.05) is 31.1 Å². The minimum atomic E-state index is -0.251. The van der Waals surface area contributed by atoms with Gasteiger partial charge in [0.15, 0.2) is 5.82 Å². The Bertz CT molecular complexity index is 652. The quantitative estimate of drug-likeness (QED) is 0.810. The fraction of sp³-hybridized carbons (Fsp3) is 0.688. The van der Waals surface area contributed by atoms with Gasteiger partial charge in [-0.25, -0.2) is 14.8 Å². The Hall–Kier alpha value is -1.44. The van der Waals surface area contributed by atoms with Gasteiger partial charge in [0, 0.05) is 31.2 Å². The van der Waals surface area contributed by atoms with Crippen LogP contribution < -0.4 is 15.5 Å². The Morgan fingerprint density at radius 2 is 2.29 bits per heavy atom. The second-order valence-corrected chi connectivity index (χ2v) is 7.10. The van der Waals surface area contributed by atoms with Crippen molar-refractivity contribution in [1.82, 2.24) is 20.6 Å². The number of fused-ring (bicyclic) bond motifs is 1. The molecule has 8 heteroatoms. The Labute approximate surface area is 146 Å². The average Bonchev–Trinajstić information content (AvgIpc) is 3.30. The number of rotatable bonds is 3. The number of carbonyl (C=O) groups is 1. The van der Waals surface area contributed by atoms with Crippen LogP contribution in [0.25, 0.3) is 0 Å². The van der Waals surface area contributed by atoms with Crippen molar-refractivity contribution < 1.29 is 9.53 Å². The third kappa shape index (κ3) is 3.08. The summed E-state index contributed by atoms with van der Waals surface area (Å²) in [6, 6.07) is 0.00326. The van der Waals surface area contributed by atoms with Crippen LogP contribution in [0.5, 0.6) is 0 Å². The SMILES string of the molecule is CC1NCCOC1c1nc(Cl)c2c(n1)N(C(=O)NCC1CC1)CC2. The predicted octanol–water partition coefficient (Wildman–Crippen LogP) is 1.66. The zero-order chi connectivity index (χ0) is 16.7. The summed E-state index contributed by atoms with van der Waals surface area (Å²) in [5.74, 6) is 1.81. The first-order valence-corrected chi connectivity index (χ1v) is 8.98. The van der Waals surface area contributed by atoms with E-state index in [2.05, 4.69) is 20.6 Å². The molecule has 2 amide bonds. The summed E-state index contributed by atoms with van der Waals surface area (Å²) in [7, 11) is 0. The standard InChI is InChI=1S/C16H22ClN5O2/c1-9-12(24-7-5-18-9)14-20-13(17)11-4-6-22(15(11)21-14)16(23)19-8-10-2-3-10/h9-10,12,18H,2-8H2,1H3,(H,19,23). The van der Waals surface area contributed by atoms with Crippen molar-refractivity contribution in [1.29, 1.82) is 0 Å². The van der Waals surface area contributed by atoms with Crippen molar-refractivity contribution >= 4 is 23.4 Å².